The molecule has 10 atom stereocenters. The van der Waals surface area contributed by atoms with Crippen LogP contribution in [0.25, 0.3) is 0 Å². The van der Waals surface area contributed by atoms with Crippen LogP contribution in [0, 0.1) is 0 Å². The molecule has 0 saturated carbocycles. The molecule has 2 fully saturated rings. The third-order valence-electron chi connectivity index (χ3n) is 5.87. The van der Waals surface area contributed by atoms with Gasteiger partial charge in [-0.15, -0.1) is 0 Å². The van der Waals surface area contributed by atoms with Crippen molar-refractivity contribution >= 4 is 11.9 Å². The molecule has 2 aliphatic heterocycles. The van der Waals surface area contributed by atoms with Crippen molar-refractivity contribution in [2.75, 3.05) is 13.2 Å². The fourth-order valence-electron chi connectivity index (χ4n) is 3.24. The SMILES string of the molecule is C/C=C(\C)C(=O)OC[C@@H]1O[C@@H](O[C@@H]2O[C@@H](COC(=O)/C(C)=C/C)[C@H](O)[C@@H](O)[C@@H]2O)[C@@H](O)[C@H](O)[C@H]1O. The fraction of sp³-hybridized carbons (Fsp3) is 0.727. The second-order valence-electron chi connectivity index (χ2n) is 8.31. The van der Waals surface area contributed by atoms with E-state index in [2.05, 4.69) is 0 Å². The zero-order valence-electron chi connectivity index (χ0n) is 19.9. The Morgan fingerprint density at radius 2 is 1.00 bits per heavy atom. The minimum absolute atomic E-state index is 0.298. The molecule has 0 bridgehead atoms. The summed E-state index contributed by atoms with van der Waals surface area (Å²) < 4.78 is 26.3. The van der Waals surface area contributed by atoms with Crippen LogP contribution in [0.3, 0.4) is 0 Å². The summed E-state index contributed by atoms with van der Waals surface area (Å²) in [4.78, 5) is 23.7. The minimum atomic E-state index is -1.82. The molecule has 0 amide bonds. The van der Waals surface area contributed by atoms with Gasteiger partial charge in [-0.1, -0.05) is 12.2 Å². The first-order valence-electron chi connectivity index (χ1n) is 11.1. The number of rotatable bonds is 8. The lowest BCUT2D eigenvalue weighted by Gasteiger charge is -2.44. The van der Waals surface area contributed by atoms with E-state index in [9.17, 15) is 40.2 Å². The lowest BCUT2D eigenvalue weighted by molar-refractivity contribution is -0.376. The number of carbonyl (C=O) groups excluding carboxylic acids is 2. The highest BCUT2D eigenvalue weighted by Gasteiger charge is 2.50. The summed E-state index contributed by atoms with van der Waals surface area (Å²) in [6.07, 6.45) is -13.5. The number of carbonyl (C=O) groups is 2. The molecule has 0 aromatic carbocycles. The van der Waals surface area contributed by atoms with Crippen LogP contribution in [0.15, 0.2) is 23.3 Å². The van der Waals surface area contributed by atoms with E-state index in [4.69, 9.17) is 23.7 Å². The average molecular weight is 507 g/mol. The number of hydrogen-bond acceptors (Lipinski definition) is 13. The lowest BCUT2D eigenvalue weighted by atomic mass is 9.98. The molecule has 2 rings (SSSR count). The van der Waals surface area contributed by atoms with Crippen molar-refractivity contribution in [1.29, 1.82) is 0 Å². The number of esters is 2. The Hall–Kier alpha value is -1.94. The molecule has 2 saturated heterocycles. The summed E-state index contributed by atoms with van der Waals surface area (Å²) in [7, 11) is 0. The molecule has 0 aromatic rings. The fourth-order valence-corrected chi connectivity index (χ4v) is 3.24. The molecule has 200 valence electrons. The Morgan fingerprint density at radius 3 is 1.31 bits per heavy atom. The number of ether oxygens (including phenoxy) is 5. The monoisotopic (exact) mass is 506 g/mol. The molecular weight excluding hydrogens is 472 g/mol. The Kier molecular flexibility index (Phi) is 10.8. The average Bonchev–Trinajstić information content (AvgIpc) is 2.85. The van der Waals surface area contributed by atoms with Crippen LogP contribution in [-0.2, 0) is 33.3 Å². The van der Waals surface area contributed by atoms with Gasteiger partial charge in [0.05, 0.1) is 0 Å². The van der Waals surface area contributed by atoms with Crippen molar-refractivity contribution in [2.24, 2.45) is 0 Å². The van der Waals surface area contributed by atoms with Gasteiger partial charge in [0.25, 0.3) is 0 Å². The summed E-state index contributed by atoms with van der Waals surface area (Å²) in [6.45, 7) is 5.30. The Morgan fingerprint density at radius 1 is 0.657 bits per heavy atom. The van der Waals surface area contributed by atoms with Crippen molar-refractivity contribution in [3.63, 3.8) is 0 Å². The first-order valence-corrected chi connectivity index (χ1v) is 11.1. The van der Waals surface area contributed by atoms with Crippen LogP contribution in [0.4, 0.5) is 0 Å². The molecule has 13 heteroatoms. The lowest BCUT2D eigenvalue weighted by Crippen LogP contribution is -2.64. The van der Waals surface area contributed by atoms with Crippen molar-refractivity contribution in [2.45, 2.75) is 89.1 Å². The molecule has 0 aromatic heterocycles. The molecular formula is C22H34O13. The van der Waals surface area contributed by atoms with Gasteiger partial charge in [-0.3, -0.25) is 0 Å². The predicted molar refractivity (Wildman–Crippen MR) is 115 cm³/mol. The molecule has 0 radical (unpaired) electrons. The molecule has 35 heavy (non-hydrogen) atoms. The van der Waals surface area contributed by atoms with Crippen molar-refractivity contribution in [3.8, 4) is 0 Å². The summed E-state index contributed by atoms with van der Waals surface area (Å²) >= 11 is 0. The molecule has 6 N–H and O–H groups in total. The van der Waals surface area contributed by atoms with Gasteiger partial charge in [0.2, 0.25) is 0 Å². The van der Waals surface area contributed by atoms with Gasteiger partial charge in [-0.2, -0.15) is 0 Å². The van der Waals surface area contributed by atoms with Crippen LogP contribution < -0.4 is 0 Å². The summed E-state index contributed by atoms with van der Waals surface area (Å²) in [5.41, 5.74) is 0.595. The van der Waals surface area contributed by atoms with Crippen molar-refractivity contribution in [3.05, 3.63) is 23.3 Å². The number of aliphatic hydroxyl groups excluding tert-OH is 6. The maximum absolute atomic E-state index is 11.9. The van der Waals surface area contributed by atoms with Crippen molar-refractivity contribution in [1.82, 2.24) is 0 Å². The third kappa shape index (κ3) is 7.06. The minimum Gasteiger partial charge on any atom is -0.459 e. The van der Waals surface area contributed by atoms with E-state index in [1.54, 1.807) is 13.8 Å². The van der Waals surface area contributed by atoms with E-state index in [0.29, 0.717) is 11.1 Å². The molecule has 0 unspecified atom stereocenters. The van der Waals surface area contributed by atoms with Gasteiger partial charge in [-0.05, 0) is 27.7 Å². The van der Waals surface area contributed by atoms with Crippen LogP contribution >= 0.6 is 0 Å². The normalized spacial score (nSPS) is 38.7. The topological polar surface area (TPSA) is 202 Å². The number of aliphatic hydroxyl groups is 6. The van der Waals surface area contributed by atoms with E-state index in [1.165, 1.54) is 26.0 Å². The third-order valence-corrected chi connectivity index (χ3v) is 5.87. The van der Waals surface area contributed by atoms with E-state index in [0.717, 1.165) is 0 Å². The maximum Gasteiger partial charge on any atom is 0.333 e. The van der Waals surface area contributed by atoms with Gasteiger partial charge >= 0.3 is 11.9 Å². The first kappa shape index (κ1) is 29.3. The van der Waals surface area contributed by atoms with Crippen LogP contribution in [0.2, 0.25) is 0 Å². The molecule has 0 spiro atoms. The first-order chi connectivity index (χ1) is 16.4. The van der Waals surface area contributed by atoms with E-state index in [-0.39, 0.29) is 0 Å². The van der Waals surface area contributed by atoms with Crippen LogP contribution in [-0.4, -0.2) is 117 Å². The summed E-state index contributed by atoms with van der Waals surface area (Å²) in [6, 6.07) is 0. The van der Waals surface area contributed by atoms with Crippen LogP contribution in [0.1, 0.15) is 27.7 Å². The summed E-state index contributed by atoms with van der Waals surface area (Å²) in [5, 5.41) is 61.4. The van der Waals surface area contributed by atoms with Crippen molar-refractivity contribution < 1.29 is 63.9 Å². The molecule has 0 aliphatic carbocycles. The van der Waals surface area contributed by atoms with Gasteiger partial charge in [0.1, 0.15) is 62.0 Å². The van der Waals surface area contributed by atoms with E-state index >= 15 is 0 Å². The maximum atomic E-state index is 11.9. The smallest absolute Gasteiger partial charge is 0.333 e. The second-order valence-corrected chi connectivity index (χ2v) is 8.31. The Labute approximate surface area is 202 Å². The highest BCUT2D eigenvalue weighted by atomic mass is 16.8. The second kappa shape index (κ2) is 12.9. The Balaban J connectivity index is 2.08. The molecule has 2 heterocycles. The highest BCUT2D eigenvalue weighted by Crippen LogP contribution is 2.28. The Bertz CT molecular complexity index is 732. The van der Waals surface area contributed by atoms with E-state index < -0.39 is 86.6 Å². The van der Waals surface area contributed by atoms with Gasteiger partial charge in [-0.25, -0.2) is 9.59 Å². The van der Waals surface area contributed by atoms with Crippen LogP contribution in [0.5, 0.6) is 0 Å². The highest BCUT2D eigenvalue weighted by molar-refractivity contribution is 5.88. The quantitative estimate of drug-likeness (QED) is 0.151. The number of allylic oxidation sites excluding steroid dienone is 2. The van der Waals surface area contributed by atoms with Gasteiger partial charge in [0.15, 0.2) is 12.6 Å². The number of hydrogen-bond donors (Lipinski definition) is 6. The summed E-state index contributed by atoms with van der Waals surface area (Å²) in [5.74, 6) is -1.37. The standard InChI is InChI=1S/C22H34O13/c1-5-9(3)19(29)31-7-11-13(23)15(25)17(27)21(33-11)35-22-18(28)16(26)14(24)12(34-22)8-32-20(30)10(4)6-2/h5-6,11-18,21-28H,7-8H2,1-4H3/b9-5+,10-6+/t11-,12-,13-,14-,15+,16+,17-,18-,21-,22-/m0/s1. The van der Waals surface area contributed by atoms with Gasteiger partial charge in [0, 0.05) is 11.1 Å². The zero-order valence-corrected chi connectivity index (χ0v) is 19.9. The van der Waals surface area contributed by atoms with Gasteiger partial charge < -0.3 is 54.3 Å². The zero-order chi connectivity index (χ0) is 26.4. The molecule has 13 nitrogen and oxygen atoms in total. The largest absolute Gasteiger partial charge is 0.459 e. The van der Waals surface area contributed by atoms with E-state index in [1.807, 2.05) is 0 Å². The predicted octanol–water partition coefficient (Wildman–Crippen LogP) is -2.36. The molecule has 2 aliphatic rings.